The summed E-state index contributed by atoms with van der Waals surface area (Å²) in [6, 6.07) is 1.50. The highest BCUT2D eigenvalue weighted by Crippen LogP contribution is 2.44. The summed E-state index contributed by atoms with van der Waals surface area (Å²) in [4.78, 5) is 17.9. The predicted octanol–water partition coefficient (Wildman–Crippen LogP) is 1.29. The molecule has 0 radical (unpaired) electrons. The van der Waals surface area contributed by atoms with Gasteiger partial charge >= 0.3 is 0 Å². The second-order valence-corrected chi connectivity index (χ2v) is 4.38. The maximum atomic E-state index is 11.1. The largest absolute Gasteiger partial charge is 0.369 e. The van der Waals surface area contributed by atoms with Gasteiger partial charge in [0.05, 0.1) is 0 Å². The molecule has 0 aromatic carbocycles. The van der Waals surface area contributed by atoms with Gasteiger partial charge < -0.3 is 10.3 Å². The van der Waals surface area contributed by atoms with Crippen molar-refractivity contribution < 1.29 is 0 Å². The van der Waals surface area contributed by atoms with E-state index in [4.69, 9.17) is 0 Å². The van der Waals surface area contributed by atoms with Crippen LogP contribution in [0.15, 0.2) is 10.9 Å². The molecule has 76 valence electrons. The monoisotopic (exact) mass is 193 g/mol. The first-order valence-electron chi connectivity index (χ1n) is 4.89. The molecule has 2 N–H and O–H groups in total. The van der Waals surface area contributed by atoms with Gasteiger partial charge in [0.15, 0.2) is 0 Å². The van der Waals surface area contributed by atoms with E-state index in [0.29, 0.717) is 17.1 Å². The predicted molar refractivity (Wildman–Crippen MR) is 55.4 cm³/mol. The molecular formula is C10H15N3O. The van der Waals surface area contributed by atoms with Crippen LogP contribution in [0.2, 0.25) is 0 Å². The van der Waals surface area contributed by atoms with Gasteiger partial charge in [0, 0.05) is 12.6 Å². The molecule has 1 aliphatic carbocycles. The van der Waals surface area contributed by atoms with E-state index in [1.807, 2.05) is 0 Å². The Morgan fingerprint density at radius 3 is 2.93 bits per heavy atom. The second kappa shape index (κ2) is 3.12. The van der Waals surface area contributed by atoms with Crippen molar-refractivity contribution in [1.29, 1.82) is 0 Å². The van der Waals surface area contributed by atoms with Crippen molar-refractivity contribution in [2.75, 3.05) is 11.9 Å². The van der Waals surface area contributed by atoms with Crippen molar-refractivity contribution in [3.05, 3.63) is 22.2 Å². The molecule has 1 heterocycles. The summed E-state index contributed by atoms with van der Waals surface area (Å²) in [5, 5.41) is 3.20. The van der Waals surface area contributed by atoms with Gasteiger partial charge in [0.2, 0.25) is 0 Å². The number of aromatic nitrogens is 2. The molecule has 0 saturated heterocycles. The molecule has 0 atom stereocenters. The first kappa shape index (κ1) is 9.24. The van der Waals surface area contributed by atoms with Crippen LogP contribution in [0.1, 0.15) is 25.6 Å². The minimum absolute atomic E-state index is 0.0963. The summed E-state index contributed by atoms with van der Waals surface area (Å²) < 4.78 is 0. The van der Waals surface area contributed by atoms with Crippen molar-refractivity contribution in [2.45, 2.75) is 26.7 Å². The zero-order chi connectivity index (χ0) is 10.2. The fraction of sp³-hybridized carbons (Fsp3) is 0.600. The molecule has 1 aromatic rings. The Labute approximate surface area is 82.8 Å². The van der Waals surface area contributed by atoms with Gasteiger partial charge in [-0.2, -0.15) is 0 Å². The van der Waals surface area contributed by atoms with E-state index < -0.39 is 0 Å². The molecule has 0 aliphatic heterocycles. The van der Waals surface area contributed by atoms with Gasteiger partial charge in [-0.05, 0) is 25.2 Å². The van der Waals surface area contributed by atoms with Crippen LogP contribution in [0.3, 0.4) is 0 Å². The fourth-order valence-corrected chi connectivity index (χ4v) is 1.36. The van der Waals surface area contributed by atoms with Gasteiger partial charge in [-0.15, -0.1) is 0 Å². The minimum atomic E-state index is -0.0963. The van der Waals surface area contributed by atoms with Crippen LogP contribution >= 0.6 is 0 Å². The Hall–Kier alpha value is -1.32. The molecule has 0 bridgehead atoms. The van der Waals surface area contributed by atoms with E-state index in [1.165, 1.54) is 18.9 Å². The average molecular weight is 193 g/mol. The highest BCUT2D eigenvalue weighted by molar-refractivity contribution is 5.33. The maximum Gasteiger partial charge on any atom is 0.252 e. The lowest BCUT2D eigenvalue weighted by molar-refractivity contribution is 0.609. The first-order valence-corrected chi connectivity index (χ1v) is 4.89. The van der Waals surface area contributed by atoms with Crippen molar-refractivity contribution >= 4 is 5.82 Å². The number of hydrogen-bond acceptors (Lipinski definition) is 3. The third-order valence-corrected chi connectivity index (χ3v) is 2.66. The highest BCUT2D eigenvalue weighted by Gasteiger charge is 2.36. The van der Waals surface area contributed by atoms with Crippen molar-refractivity contribution in [2.24, 2.45) is 5.41 Å². The maximum absolute atomic E-state index is 11.1. The molecule has 1 saturated carbocycles. The smallest absolute Gasteiger partial charge is 0.252 e. The summed E-state index contributed by atoms with van der Waals surface area (Å²) in [7, 11) is 0. The average Bonchev–Trinajstić information content (AvgIpc) is 2.80. The molecule has 0 spiro atoms. The van der Waals surface area contributed by atoms with Gasteiger partial charge in [0.25, 0.3) is 5.56 Å². The Morgan fingerprint density at radius 1 is 1.64 bits per heavy atom. The van der Waals surface area contributed by atoms with Gasteiger partial charge in [0.1, 0.15) is 11.6 Å². The summed E-state index contributed by atoms with van der Waals surface area (Å²) in [6.45, 7) is 4.92. The molecule has 4 nitrogen and oxygen atoms in total. The quantitative estimate of drug-likeness (QED) is 0.760. The molecule has 0 amide bonds. The first-order chi connectivity index (χ1) is 6.57. The topological polar surface area (TPSA) is 57.8 Å². The number of nitrogens with zero attached hydrogens (tertiary/aromatic N) is 1. The lowest BCUT2D eigenvalue weighted by Crippen LogP contribution is -2.16. The third kappa shape index (κ3) is 2.13. The SMILES string of the molecule is Cc1nc(NCC2(C)CC2)cc(=O)[nH]1. The molecule has 14 heavy (non-hydrogen) atoms. The Bertz CT molecular complexity index is 393. The molecule has 2 rings (SSSR count). The van der Waals surface area contributed by atoms with Crippen LogP contribution in [0, 0.1) is 12.3 Å². The van der Waals surface area contributed by atoms with Gasteiger partial charge in [-0.1, -0.05) is 6.92 Å². The summed E-state index contributed by atoms with van der Waals surface area (Å²) >= 11 is 0. The lowest BCUT2D eigenvalue weighted by Gasteiger charge is -2.10. The number of hydrogen-bond donors (Lipinski definition) is 2. The number of anilines is 1. The fourth-order valence-electron chi connectivity index (χ4n) is 1.36. The van der Waals surface area contributed by atoms with E-state index in [2.05, 4.69) is 22.2 Å². The van der Waals surface area contributed by atoms with Gasteiger partial charge in [-0.25, -0.2) is 4.98 Å². The Balaban J connectivity index is 2.05. The van der Waals surface area contributed by atoms with Crippen LogP contribution < -0.4 is 10.9 Å². The van der Waals surface area contributed by atoms with Crippen molar-refractivity contribution in [3.63, 3.8) is 0 Å². The number of rotatable bonds is 3. The van der Waals surface area contributed by atoms with E-state index in [9.17, 15) is 4.79 Å². The summed E-state index contributed by atoms with van der Waals surface area (Å²) in [5.74, 6) is 1.33. The van der Waals surface area contributed by atoms with Crippen LogP contribution in [-0.4, -0.2) is 16.5 Å². The highest BCUT2D eigenvalue weighted by atomic mass is 16.1. The van der Waals surface area contributed by atoms with Gasteiger partial charge in [-0.3, -0.25) is 4.79 Å². The zero-order valence-electron chi connectivity index (χ0n) is 8.55. The zero-order valence-corrected chi connectivity index (χ0v) is 8.55. The molecule has 1 fully saturated rings. The standard InChI is InChI=1S/C10H15N3O/c1-7-12-8(5-9(14)13-7)11-6-10(2)3-4-10/h5H,3-4,6H2,1-2H3,(H2,11,12,13,14). The molecule has 4 heteroatoms. The number of nitrogens with one attached hydrogen (secondary N) is 2. The van der Waals surface area contributed by atoms with E-state index in [1.54, 1.807) is 6.92 Å². The molecule has 0 unspecified atom stereocenters. The van der Waals surface area contributed by atoms with E-state index in [0.717, 1.165) is 6.54 Å². The number of H-pyrrole nitrogens is 1. The second-order valence-electron chi connectivity index (χ2n) is 4.38. The minimum Gasteiger partial charge on any atom is -0.369 e. The molecule has 1 aromatic heterocycles. The Kier molecular flexibility index (Phi) is 2.06. The summed E-state index contributed by atoms with van der Waals surface area (Å²) in [5.41, 5.74) is 0.332. The van der Waals surface area contributed by atoms with E-state index in [-0.39, 0.29) is 5.56 Å². The molecular weight excluding hydrogens is 178 g/mol. The molecule has 1 aliphatic rings. The lowest BCUT2D eigenvalue weighted by atomic mass is 10.1. The van der Waals surface area contributed by atoms with Crippen LogP contribution in [0.25, 0.3) is 0 Å². The third-order valence-electron chi connectivity index (χ3n) is 2.66. The normalized spacial score (nSPS) is 17.9. The summed E-state index contributed by atoms with van der Waals surface area (Å²) in [6.07, 6.45) is 2.53. The number of aryl methyl sites for hydroxylation is 1. The van der Waals surface area contributed by atoms with E-state index >= 15 is 0 Å². The van der Waals surface area contributed by atoms with Crippen LogP contribution in [-0.2, 0) is 0 Å². The Morgan fingerprint density at radius 2 is 2.36 bits per heavy atom. The van der Waals surface area contributed by atoms with Crippen molar-refractivity contribution in [1.82, 2.24) is 9.97 Å². The van der Waals surface area contributed by atoms with Crippen LogP contribution in [0.4, 0.5) is 5.82 Å². The van der Waals surface area contributed by atoms with Crippen molar-refractivity contribution in [3.8, 4) is 0 Å². The number of aromatic amines is 1. The van der Waals surface area contributed by atoms with Crippen LogP contribution in [0.5, 0.6) is 0 Å².